The van der Waals surface area contributed by atoms with E-state index in [1.54, 1.807) is 0 Å². The van der Waals surface area contributed by atoms with Gasteiger partial charge in [0.15, 0.2) is 0 Å². The lowest BCUT2D eigenvalue weighted by molar-refractivity contribution is -0.132. The van der Waals surface area contributed by atoms with Gasteiger partial charge in [0.05, 0.1) is 6.04 Å². The van der Waals surface area contributed by atoms with Crippen molar-refractivity contribution in [1.29, 1.82) is 0 Å². The molecule has 1 heterocycles. The van der Waals surface area contributed by atoms with Crippen molar-refractivity contribution in [1.82, 2.24) is 4.90 Å². The summed E-state index contributed by atoms with van der Waals surface area (Å²) in [6, 6.07) is 10.2. The molecule has 1 aliphatic heterocycles. The lowest BCUT2D eigenvalue weighted by atomic mass is 9.85. The highest BCUT2D eigenvalue weighted by atomic mass is 16.2. The van der Waals surface area contributed by atoms with Crippen molar-refractivity contribution in [3.8, 4) is 0 Å². The maximum Gasteiger partial charge on any atom is 0.239 e. The minimum atomic E-state index is -0.294. The van der Waals surface area contributed by atoms with E-state index in [0.717, 1.165) is 25.9 Å². The van der Waals surface area contributed by atoms with Gasteiger partial charge in [0.1, 0.15) is 0 Å². The summed E-state index contributed by atoms with van der Waals surface area (Å²) in [5.74, 6) is 1.32. The Labute approximate surface area is 133 Å². The van der Waals surface area contributed by atoms with Gasteiger partial charge >= 0.3 is 0 Å². The van der Waals surface area contributed by atoms with Crippen molar-refractivity contribution in [3.63, 3.8) is 0 Å². The summed E-state index contributed by atoms with van der Waals surface area (Å²) in [6.45, 7) is 1.69. The zero-order valence-corrected chi connectivity index (χ0v) is 13.4. The van der Waals surface area contributed by atoms with Crippen LogP contribution in [0.15, 0.2) is 30.3 Å². The van der Waals surface area contributed by atoms with Gasteiger partial charge in [-0.1, -0.05) is 62.4 Å². The van der Waals surface area contributed by atoms with E-state index in [1.165, 1.54) is 37.7 Å². The number of rotatable bonds is 4. The molecule has 1 aliphatic carbocycles. The molecule has 1 saturated heterocycles. The Morgan fingerprint density at radius 2 is 1.86 bits per heavy atom. The van der Waals surface area contributed by atoms with Crippen LogP contribution in [0.2, 0.25) is 0 Å². The molecule has 0 bridgehead atoms. The largest absolute Gasteiger partial charge is 0.341 e. The lowest BCUT2D eigenvalue weighted by Crippen LogP contribution is -2.43. The molecule has 1 aromatic carbocycles. The molecule has 22 heavy (non-hydrogen) atoms. The minimum absolute atomic E-state index is 0.170. The number of hydrogen-bond donors (Lipinski definition) is 1. The van der Waals surface area contributed by atoms with Gasteiger partial charge in [0.2, 0.25) is 5.91 Å². The molecule has 1 saturated carbocycles. The van der Waals surface area contributed by atoms with Gasteiger partial charge in [-0.25, -0.2) is 0 Å². The Morgan fingerprint density at radius 3 is 2.59 bits per heavy atom. The molecule has 2 fully saturated rings. The maximum atomic E-state index is 12.6. The van der Waals surface area contributed by atoms with Crippen LogP contribution in [0.3, 0.4) is 0 Å². The highest BCUT2D eigenvalue weighted by Gasteiger charge is 2.31. The van der Waals surface area contributed by atoms with E-state index < -0.39 is 0 Å². The van der Waals surface area contributed by atoms with E-state index in [9.17, 15) is 4.79 Å². The first kappa shape index (κ1) is 15.5. The summed E-state index contributed by atoms with van der Waals surface area (Å²) < 4.78 is 0. The zero-order valence-electron chi connectivity index (χ0n) is 13.4. The fraction of sp³-hybridized carbons (Fsp3) is 0.632. The first-order valence-corrected chi connectivity index (χ1v) is 8.83. The van der Waals surface area contributed by atoms with E-state index in [0.29, 0.717) is 11.8 Å². The Balaban J connectivity index is 1.52. The number of benzene rings is 1. The Bertz CT molecular complexity index is 481. The topological polar surface area (TPSA) is 46.3 Å². The van der Waals surface area contributed by atoms with Crippen molar-refractivity contribution < 1.29 is 4.79 Å². The first-order valence-electron chi connectivity index (χ1n) is 8.83. The number of hydrogen-bond acceptors (Lipinski definition) is 2. The zero-order chi connectivity index (χ0) is 15.4. The molecule has 1 aromatic rings. The molecular formula is C19H28N2O. The predicted molar refractivity (Wildman–Crippen MR) is 89.5 cm³/mol. The standard InChI is InChI=1S/C19H28N2O/c20-18(13-15-7-3-1-4-8-15)19(22)21-12-11-17(14-21)16-9-5-2-6-10-16/h2,5-6,9-10,15,17-18H,1,3-4,7-8,11-14,20H2. The number of nitrogens with two attached hydrogens (primary N) is 1. The Hall–Kier alpha value is -1.35. The summed E-state index contributed by atoms with van der Waals surface area (Å²) in [5.41, 5.74) is 7.57. The van der Waals surface area contributed by atoms with Crippen molar-refractivity contribution in [3.05, 3.63) is 35.9 Å². The van der Waals surface area contributed by atoms with Crippen molar-refractivity contribution in [2.45, 2.75) is 56.9 Å². The summed E-state index contributed by atoms with van der Waals surface area (Å²) >= 11 is 0. The molecule has 2 N–H and O–H groups in total. The quantitative estimate of drug-likeness (QED) is 0.927. The van der Waals surface area contributed by atoms with Crippen molar-refractivity contribution in [2.24, 2.45) is 11.7 Å². The summed E-state index contributed by atoms with van der Waals surface area (Å²) in [7, 11) is 0. The molecule has 3 rings (SSSR count). The second kappa shape index (κ2) is 7.28. The van der Waals surface area contributed by atoms with Crippen LogP contribution >= 0.6 is 0 Å². The van der Waals surface area contributed by atoms with Crippen LogP contribution < -0.4 is 5.73 Å². The van der Waals surface area contributed by atoms with Crippen LogP contribution in [0.1, 0.15) is 56.4 Å². The van der Waals surface area contributed by atoms with Crippen LogP contribution in [0.4, 0.5) is 0 Å². The van der Waals surface area contributed by atoms with Crippen molar-refractivity contribution >= 4 is 5.91 Å². The SMILES string of the molecule is NC(CC1CCCCC1)C(=O)N1CCC(c2ccccc2)C1. The third-order valence-electron chi connectivity index (χ3n) is 5.40. The molecule has 2 aliphatic rings. The maximum absolute atomic E-state index is 12.6. The van der Waals surface area contributed by atoms with Gasteiger partial charge in [0, 0.05) is 19.0 Å². The smallest absolute Gasteiger partial charge is 0.239 e. The van der Waals surface area contributed by atoms with E-state index >= 15 is 0 Å². The monoisotopic (exact) mass is 300 g/mol. The van der Waals surface area contributed by atoms with Gasteiger partial charge < -0.3 is 10.6 Å². The highest BCUT2D eigenvalue weighted by Crippen LogP contribution is 2.30. The van der Waals surface area contributed by atoms with E-state index in [4.69, 9.17) is 5.73 Å². The first-order chi connectivity index (χ1) is 10.7. The van der Waals surface area contributed by atoms with Gasteiger partial charge in [-0.15, -0.1) is 0 Å². The van der Waals surface area contributed by atoms with E-state index in [-0.39, 0.29) is 11.9 Å². The third kappa shape index (κ3) is 3.70. The molecule has 0 radical (unpaired) electrons. The molecule has 0 spiro atoms. The third-order valence-corrected chi connectivity index (χ3v) is 5.40. The molecule has 120 valence electrons. The minimum Gasteiger partial charge on any atom is -0.341 e. The fourth-order valence-electron chi connectivity index (χ4n) is 4.08. The summed E-state index contributed by atoms with van der Waals surface area (Å²) in [4.78, 5) is 14.6. The summed E-state index contributed by atoms with van der Waals surface area (Å²) in [6.07, 6.45) is 8.43. The van der Waals surface area contributed by atoms with Crippen LogP contribution in [-0.2, 0) is 4.79 Å². The highest BCUT2D eigenvalue weighted by molar-refractivity contribution is 5.82. The van der Waals surface area contributed by atoms with Gasteiger partial charge in [0.25, 0.3) is 0 Å². The van der Waals surface area contributed by atoms with Crippen LogP contribution in [0.5, 0.6) is 0 Å². The van der Waals surface area contributed by atoms with Gasteiger partial charge in [-0.2, -0.15) is 0 Å². The van der Waals surface area contributed by atoms with Gasteiger partial charge in [-0.3, -0.25) is 4.79 Å². The normalized spacial score (nSPS) is 24.4. The number of likely N-dealkylation sites (tertiary alicyclic amines) is 1. The molecule has 2 unspecified atom stereocenters. The van der Waals surface area contributed by atoms with Crippen molar-refractivity contribution in [2.75, 3.05) is 13.1 Å². The molecule has 3 nitrogen and oxygen atoms in total. The molecular weight excluding hydrogens is 272 g/mol. The second-order valence-electron chi connectivity index (χ2n) is 7.03. The van der Waals surface area contributed by atoms with Crippen LogP contribution in [-0.4, -0.2) is 29.9 Å². The predicted octanol–water partition coefficient (Wildman–Crippen LogP) is 3.30. The number of nitrogens with zero attached hydrogens (tertiary/aromatic N) is 1. The van der Waals surface area contributed by atoms with Gasteiger partial charge in [-0.05, 0) is 24.3 Å². The second-order valence-corrected chi connectivity index (χ2v) is 7.03. The Kier molecular flexibility index (Phi) is 5.14. The Morgan fingerprint density at radius 1 is 1.14 bits per heavy atom. The van der Waals surface area contributed by atoms with Crippen LogP contribution in [0, 0.1) is 5.92 Å². The number of carbonyl (C=O) groups excluding carboxylic acids is 1. The van der Waals surface area contributed by atoms with E-state index in [2.05, 4.69) is 24.3 Å². The van der Waals surface area contributed by atoms with E-state index in [1.807, 2.05) is 11.0 Å². The molecule has 2 atom stereocenters. The average Bonchev–Trinajstić information content (AvgIpc) is 3.06. The molecule has 0 aromatic heterocycles. The number of amides is 1. The molecule has 3 heteroatoms. The molecule has 1 amide bonds. The average molecular weight is 300 g/mol. The van der Waals surface area contributed by atoms with Crippen LogP contribution in [0.25, 0.3) is 0 Å². The fourth-order valence-corrected chi connectivity index (χ4v) is 4.08. The lowest BCUT2D eigenvalue weighted by Gasteiger charge is -2.26. The summed E-state index contributed by atoms with van der Waals surface area (Å²) in [5, 5.41) is 0. The number of carbonyl (C=O) groups is 1.